The number of esters is 1. The zero-order valence-electron chi connectivity index (χ0n) is 27.2. The molecular formula is C37H44N6O4. The van der Waals surface area contributed by atoms with Crippen molar-refractivity contribution in [3.63, 3.8) is 0 Å². The van der Waals surface area contributed by atoms with Crippen LogP contribution in [0.15, 0.2) is 54.7 Å². The number of amides is 1. The van der Waals surface area contributed by atoms with E-state index in [0.29, 0.717) is 47.8 Å². The topological polar surface area (TPSA) is 113 Å². The number of aromatic amines is 1. The Morgan fingerprint density at radius 2 is 1.55 bits per heavy atom. The van der Waals surface area contributed by atoms with Crippen molar-refractivity contribution in [2.75, 3.05) is 13.6 Å². The maximum Gasteiger partial charge on any atom is 0.340 e. The van der Waals surface area contributed by atoms with Gasteiger partial charge in [-0.2, -0.15) is 5.10 Å². The average Bonchev–Trinajstić information content (AvgIpc) is 3.63. The molecule has 2 N–H and O–H groups in total. The van der Waals surface area contributed by atoms with Crippen LogP contribution in [0.1, 0.15) is 78.6 Å². The monoisotopic (exact) mass is 636 g/mol. The fourth-order valence-electron chi connectivity index (χ4n) is 9.24. The van der Waals surface area contributed by atoms with Crippen molar-refractivity contribution >= 4 is 39.5 Å². The minimum Gasteiger partial charge on any atom is -0.459 e. The van der Waals surface area contributed by atoms with Crippen molar-refractivity contribution in [3.05, 3.63) is 66.0 Å². The molecule has 4 aromatic rings. The quantitative estimate of drug-likeness (QED) is 0.309. The van der Waals surface area contributed by atoms with Crippen LogP contribution >= 0.6 is 0 Å². The largest absolute Gasteiger partial charge is 0.459 e. The lowest BCUT2D eigenvalue weighted by Crippen LogP contribution is -2.63. The van der Waals surface area contributed by atoms with Gasteiger partial charge in [-0.3, -0.25) is 19.2 Å². The first kappa shape index (κ1) is 30.3. The van der Waals surface area contributed by atoms with E-state index in [1.165, 1.54) is 19.3 Å². The van der Waals surface area contributed by atoms with Crippen molar-refractivity contribution in [1.82, 2.24) is 29.9 Å². The van der Waals surface area contributed by atoms with E-state index in [1.807, 2.05) is 55.6 Å². The standard InChI is InChI=1S/C19H20N2O3.C18H24N4O/c22-18-10-21-12-5-11(18)6-13(21)8-14(7-12)24-19(23)16-9-20-17-4-2-1-3-15(16)17;1-21-13-6-5-7-14(21)11-12(10-13)19-18(23)17-15-8-3-4-9-16(15)22(2)20-17/h1-4,9,11-14,20H,5-8,10H2;3-4,8-9,12-14H,5-7,10-11H2,1-2H3,(H,19,23)/t11-,12+,13-,14-;12-,13+,14-. The first-order valence-electron chi connectivity index (χ1n) is 17.3. The molecule has 6 aliphatic rings. The zero-order valence-corrected chi connectivity index (χ0v) is 27.2. The maximum absolute atomic E-state index is 12.7. The number of hydrogen-bond acceptors (Lipinski definition) is 7. The fourth-order valence-corrected chi connectivity index (χ4v) is 9.24. The Hall–Kier alpha value is -4.02. The third kappa shape index (κ3) is 5.65. The van der Waals surface area contributed by atoms with Crippen LogP contribution in [0, 0.1) is 5.92 Å². The lowest BCUT2D eigenvalue weighted by molar-refractivity contribution is -0.145. The van der Waals surface area contributed by atoms with Crippen molar-refractivity contribution in [2.45, 2.75) is 94.1 Å². The number of fused-ring (bicyclic) bond motifs is 5. The number of carbonyl (C=O) groups is 3. The van der Waals surface area contributed by atoms with Crippen LogP contribution in [0.5, 0.6) is 0 Å². The number of para-hydroxylation sites is 2. The molecule has 0 radical (unpaired) electrons. The molecule has 6 saturated heterocycles. The molecular weight excluding hydrogens is 592 g/mol. The summed E-state index contributed by atoms with van der Waals surface area (Å²) in [5.74, 6) is 0.370. The number of ketones is 1. The van der Waals surface area contributed by atoms with Crippen molar-refractivity contribution < 1.29 is 19.1 Å². The van der Waals surface area contributed by atoms with Gasteiger partial charge >= 0.3 is 5.97 Å². The van der Waals surface area contributed by atoms with E-state index >= 15 is 0 Å². The van der Waals surface area contributed by atoms with Crippen LogP contribution in [0.3, 0.4) is 0 Å². The van der Waals surface area contributed by atoms with Gasteiger partial charge in [-0.25, -0.2) is 4.79 Å². The summed E-state index contributed by atoms with van der Waals surface area (Å²) in [5, 5.41) is 9.53. The molecule has 8 heterocycles. The van der Waals surface area contributed by atoms with Crippen LogP contribution < -0.4 is 5.32 Å². The number of nitrogens with zero attached hydrogens (tertiary/aromatic N) is 4. The SMILES string of the molecule is CN1[C@@H]2CCC[C@H]1C[C@@H](NC(=O)c1nn(C)c3ccccc13)C2.O=C(O[C@@H]1C[C@@H]2C[C@@H]3C[C@H](C1)N2CC3=O)c1c[nH]c2ccccc12. The Bertz CT molecular complexity index is 1800. The molecule has 2 aromatic heterocycles. The normalized spacial score (nSPS) is 31.3. The van der Waals surface area contributed by atoms with E-state index in [1.54, 1.807) is 10.9 Å². The summed E-state index contributed by atoms with van der Waals surface area (Å²) in [7, 11) is 4.12. The Morgan fingerprint density at radius 1 is 0.872 bits per heavy atom. The van der Waals surface area contributed by atoms with Gasteiger partial charge in [0.15, 0.2) is 5.69 Å². The highest BCUT2D eigenvalue weighted by atomic mass is 16.5. The van der Waals surface area contributed by atoms with Crippen molar-refractivity contribution in [2.24, 2.45) is 13.0 Å². The number of hydrogen-bond donors (Lipinski definition) is 2. The second kappa shape index (κ2) is 12.2. The number of rotatable bonds is 4. The first-order chi connectivity index (χ1) is 22.8. The molecule has 6 aliphatic heterocycles. The number of nitrogens with one attached hydrogen (secondary N) is 2. The number of aromatic nitrogens is 3. The highest BCUT2D eigenvalue weighted by Crippen LogP contribution is 2.42. The number of aryl methyl sites for hydroxylation is 1. The van der Waals surface area contributed by atoms with Crippen molar-refractivity contribution in [1.29, 1.82) is 0 Å². The van der Waals surface area contributed by atoms with Gasteiger partial charge in [0, 0.05) is 78.5 Å². The lowest BCUT2D eigenvalue weighted by Gasteiger charge is -2.54. The molecule has 246 valence electrons. The fraction of sp³-hybridized carbons (Fsp3) is 0.514. The van der Waals surface area contributed by atoms with Crippen LogP contribution in [-0.4, -0.2) is 92.1 Å². The number of Topliss-reactive ketones (excluding diaryl/α,β-unsaturated/α-hetero) is 1. The van der Waals surface area contributed by atoms with Gasteiger partial charge in [-0.15, -0.1) is 0 Å². The van der Waals surface area contributed by atoms with Gasteiger partial charge in [-0.05, 0) is 57.7 Å². The maximum atomic E-state index is 12.7. The van der Waals surface area contributed by atoms with E-state index < -0.39 is 0 Å². The van der Waals surface area contributed by atoms with E-state index in [2.05, 4.69) is 32.2 Å². The van der Waals surface area contributed by atoms with Crippen LogP contribution in [0.4, 0.5) is 0 Å². The molecule has 2 aromatic carbocycles. The van der Waals surface area contributed by atoms with E-state index in [4.69, 9.17) is 4.74 Å². The average molecular weight is 637 g/mol. The van der Waals surface area contributed by atoms with Gasteiger partial charge in [0.1, 0.15) is 11.9 Å². The molecule has 47 heavy (non-hydrogen) atoms. The predicted molar refractivity (Wildman–Crippen MR) is 179 cm³/mol. The van der Waals surface area contributed by atoms with Gasteiger partial charge in [0.2, 0.25) is 0 Å². The van der Waals surface area contributed by atoms with Crippen LogP contribution in [0.2, 0.25) is 0 Å². The summed E-state index contributed by atoms with van der Waals surface area (Å²) in [4.78, 5) is 45.2. The minimum absolute atomic E-state index is 0.0329. The lowest BCUT2D eigenvalue weighted by atomic mass is 9.72. The summed E-state index contributed by atoms with van der Waals surface area (Å²) in [6, 6.07) is 18.0. The molecule has 1 amide bonds. The number of carbonyl (C=O) groups excluding carboxylic acids is 3. The predicted octanol–water partition coefficient (Wildman–Crippen LogP) is 4.84. The molecule has 10 rings (SSSR count). The molecule has 6 fully saturated rings. The summed E-state index contributed by atoms with van der Waals surface area (Å²) < 4.78 is 7.63. The third-order valence-electron chi connectivity index (χ3n) is 11.6. The second-order valence-corrected chi connectivity index (χ2v) is 14.4. The minimum atomic E-state index is -0.242. The summed E-state index contributed by atoms with van der Waals surface area (Å²) in [6.45, 7) is 0.600. The highest BCUT2D eigenvalue weighted by molar-refractivity contribution is 6.05. The summed E-state index contributed by atoms with van der Waals surface area (Å²) in [6.07, 6.45) is 11.2. The molecule has 1 unspecified atom stereocenters. The Balaban J connectivity index is 0.000000138. The molecule has 0 spiro atoms. The first-order valence-corrected chi connectivity index (χ1v) is 17.3. The molecule has 0 saturated carbocycles. The second-order valence-electron chi connectivity index (χ2n) is 14.4. The van der Waals surface area contributed by atoms with E-state index in [-0.39, 0.29) is 29.9 Å². The number of H-pyrrole nitrogens is 1. The van der Waals surface area contributed by atoms with E-state index in [9.17, 15) is 14.4 Å². The van der Waals surface area contributed by atoms with Gasteiger partial charge in [0.05, 0.1) is 17.6 Å². The van der Waals surface area contributed by atoms with Gasteiger partial charge in [0.25, 0.3) is 5.91 Å². The zero-order chi connectivity index (χ0) is 32.2. The molecule has 10 heteroatoms. The Kier molecular flexibility index (Phi) is 7.88. The molecule has 0 aliphatic carbocycles. The number of benzene rings is 2. The molecule has 10 nitrogen and oxygen atoms in total. The number of ether oxygens (including phenoxy) is 1. The summed E-state index contributed by atoms with van der Waals surface area (Å²) in [5.41, 5.74) is 3.11. The Morgan fingerprint density at radius 3 is 2.28 bits per heavy atom. The van der Waals surface area contributed by atoms with Gasteiger partial charge < -0.3 is 19.9 Å². The highest BCUT2D eigenvalue weighted by Gasteiger charge is 2.49. The van der Waals surface area contributed by atoms with Crippen LogP contribution in [0.25, 0.3) is 21.8 Å². The smallest absolute Gasteiger partial charge is 0.340 e. The summed E-state index contributed by atoms with van der Waals surface area (Å²) >= 11 is 0. The Labute approximate surface area is 274 Å². The van der Waals surface area contributed by atoms with Crippen LogP contribution in [-0.2, 0) is 16.6 Å². The number of piperidine rings is 6. The van der Waals surface area contributed by atoms with Gasteiger partial charge in [-0.1, -0.05) is 42.8 Å². The molecule has 6 bridgehead atoms. The van der Waals surface area contributed by atoms with E-state index in [0.717, 1.165) is 60.3 Å². The third-order valence-corrected chi connectivity index (χ3v) is 11.6. The molecule has 8 atom stereocenters. The van der Waals surface area contributed by atoms with Crippen molar-refractivity contribution in [3.8, 4) is 0 Å².